The number of rotatable bonds is 4. The Balaban J connectivity index is 2.32. The predicted octanol–water partition coefficient (Wildman–Crippen LogP) is 0.0841. The molecule has 1 aliphatic rings. The summed E-state index contributed by atoms with van der Waals surface area (Å²) in [5.74, 6) is -1.09. The largest absolute Gasteiger partial charge is 0.476 e. The van der Waals surface area contributed by atoms with E-state index in [-0.39, 0.29) is 18.3 Å². The molecule has 0 amide bonds. The van der Waals surface area contributed by atoms with Crippen LogP contribution in [0.5, 0.6) is 0 Å². The fraction of sp³-hybridized carbons (Fsp3) is 0.667. The molecule has 1 aliphatic heterocycles. The van der Waals surface area contributed by atoms with Crippen LogP contribution in [0.25, 0.3) is 0 Å². The van der Waals surface area contributed by atoms with E-state index in [1.54, 1.807) is 4.68 Å². The molecule has 2 heterocycles. The van der Waals surface area contributed by atoms with E-state index in [0.29, 0.717) is 18.9 Å². The zero-order chi connectivity index (χ0) is 11.5. The third-order valence-corrected chi connectivity index (χ3v) is 2.53. The van der Waals surface area contributed by atoms with Gasteiger partial charge in [-0.25, -0.2) is 9.48 Å². The number of methoxy groups -OCH3 is 1. The highest BCUT2D eigenvalue weighted by Crippen LogP contribution is 2.21. The molecule has 1 aromatic heterocycles. The molecule has 1 N–H and O–H groups in total. The molecule has 2 rings (SSSR count). The molecule has 0 saturated carbocycles. The van der Waals surface area contributed by atoms with E-state index in [4.69, 9.17) is 14.6 Å². The van der Waals surface area contributed by atoms with Gasteiger partial charge in [0.25, 0.3) is 0 Å². The number of nitrogens with zero attached hydrogens (tertiary/aromatic N) is 3. The standard InChI is InChI=1S/C9H13N3O4/c1-15-5-7-8(9(13)14)10-11-12(7)6-2-3-16-4-6/h6H,2-5H2,1H3,(H,13,14). The van der Waals surface area contributed by atoms with Crippen LogP contribution in [0, 0.1) is 0 Å². The lowest BCUT2D eigenvalue weighted by Crippen LogP contribution is -2.15. The first-order valence-corrected chi connectivity index (χ1v) is 4.98. The Kier molecular flexibility index (Phi) is 3.16. The van der Waals surface area contributed by atoms with Crippen LogP contribution >= 0.6 is 0 Å². The molecule has 1 unspecified atom stereocenters. The first-order valence-electron chi connectivity index (χ1n) is 4.98. The molecule has 0 spiro atoms. The van der Waals surface area contributed by atoms with Gasteiger partial charge in [-0.3, -0.25) is 0 Å². The van der Waals surface area contributed by atoms with Crippen molar-refractivity contribution in [1.82, 2.24) is 15.0 Å². The van der Waals surface area contributed by atoms with Crippen molar-refractivity contribution < 1.29 is 19.4 Å². The first kappa shape index (κ1) is 11.0. The molecule has 1 aromatic rings. The number of hydrogen-bond acceptors (Lipinski definition) is 5. The fourth-order valence-electron chi connectivity index (χ4n) is 1.76. The lowest BCUT2D eigenvalue weighted by molar-refractivity contribution is 0.0684. The minimum atomic E-state index is -1.09. The minimum absolute atomic E-state index is 0.0475. The maximum atomic E-state index is 10.9. The molecule has 1 fully saturated rings. The minimum Gasteiger partial charge on any atom is -0.476 e. The van der Waals surface area contributed by atoms with Gasteiger partial charge in [0.15, 0.2) is 5.69 Å². The number of carbonyl (C=O) groups is 1. The van der Waals surface area contributed by atoms with E-state index in [0.717, 1.165) is 6.42 Å². The molecular formula is C9H13N3O4. The van der Waals surface area contributed by atoms with Crippen molar-refractivity contribution in [3.63, 3.8) is 0 Å². The zero-order valence-electron chi connectivity index (χ0n) is 8.92. The Morgan fingerprint density at radius 2 is 2.56 bits per heavy atom. The molecule has 7 heteroatoms. The van der Waals surface area contributed by atoms with Crippen LogP contribution in [0.3, 0.4) is 0 Å². The maximum Gasteiger partial charge on any atom is 0.358 e. The second kappa shape index (κ2) is 4.58. The average Bonchev–Trinajstić information content (AvgIpc) is 2.84. The van der Waals surface area contributed by atoms with Crippen molar-refractivity contribution in [2.75, 3.05) is 20.3 Å². The molecule has 88 valence electrons. The quantitative estimate of drug-likeness (QED) is 0.784. The van der Waals surface area contributed by atoms with Gasteiger partial charge in [-0.2, -0.15) is 0 Å². The third kappa shape index (κ3) is 1.91. The van der Waals surface area contributed by atoms with Gasteiger partial charge in [-0.15, -0.1) is 5.10 Å². The van der Waals surface area contributed by atoms with E-state index >= 15 is 0 Å². The topological polar surface area (TPSA) is 86.5 Å². The molecule has 1 atom stereocenters. The lowest BCUT2D eigenvalue weighted by Gasteiger charge is -2.11. The van der Waals surface area contributed by atoms with Crippen LogP contribution in [0.4, 0.5) is 0 Å². The van der Waals surface area contributed by atoms with E-state index in [2.05, 4.69) is 10.3 Å². The van der Waals surface area contributed by atoms with Crippen LogP contribution in [-0.4, -0.2) is 46.4 Å². The highest BCUT2D eigenvalue weighted by molar-refractivity contribution is 5.86. The summed E-state index contributed by atoms with van der Waals surface area (Å²) in [4.78, 5) is 10.9. The molecule has 0 radical (unpaired) electrons. The van der Waals surface area contributed by atoms with Gasteiger partial charge >= 0.3 is 5.97 Å². The van der Waals surface area contributed by atoms with Gasteiger partial charge in [0.2, 0.25) is 0 Å². The van der Waals surface area contributed by atoms with Crippen LogP contribution in [0.2, 0.25) is 0 Å². The highest BCUT2D eigenvalue weighted by atomic mass is 16.5. The highest BCUT2D eigenvalue weighted by Gasteiger charge is 2.26. The number of carboxylic acid groups (broad SMARTS) is 1. The monoisotopic (exact) mass is 227 g/mol. The summed E-state index contributed by atoms with van der Waals surface area (Å²) in [7, 11) is 1.51. The first-order chi connectivity index (χ1) is 7.74. The van der Waals surface area contributed by atoms with Gasteiger partial charge in [0, 0.05) is 13.7 Å². The predicted molar refractivity (Wildman–Crippen MR) is 52.2 cm³/mol. The molecule has 0 aromatic carbocycles. The van der Waals surface area contributed by atoms with Crippen molar-refractivity contribution in [2.24, 2.45) is 0 Å². The van der Waals surface area contributed by atoms with Gasteiger partial charge in [0.1, 0.15) is 0 Å². The summed E-state index contributed by atoms with van der Waals surface area (Å²) in [6.07, 6.45) is 0.819. The second-order valence-corrected chi connectivity index (χ2v) is 3.58. The van der Waals surface area contributed by atoms with Gasteiger partial charge in [-0.1, -0.05) is 5.21 Å². The van der Waals surface area contributed by atoms with Gasteiger partial charge in [-0.05, 0) is 6.42 Å². The Hall–Kier alpha value is -1.47. The van der Waals surface area contributed by atoms with Crippen LogP contribution in [0.1, 0.15) is 28.6 Å². The van der Waals surface area contributed by atoms with Crippen LogP contribution in [-0.2, 0) is 16.1 Å². The van der Waals surface area contributed by atoms with E-state index in [9.17, 15) is 4.79 Å². The molecule has 1 saturated heterocycles. The second-order valence-electron chi connectivity index (χ2n) is 3.58. The summed E-state index contributed by atoms with van der Waals surface area (Å²) < 4.78 is 11.8. The lowest BCUT2D eigenvalue weighted by atomic mass is 10.2. The number of ether oxygens (including phenoxy) is 2. The molecule has 16 heavy (non-hydrogen) atoms. The Morgan fingerprint density at radius 3 is 3.12 bits per heavy atom. The van der Waals surface area contributed by atoms with E-state index in [1.165, 1.54) is 7.11 Å². The molecular weight excluding hydrogens is 214 g/mol. The van der Waals surface area contributed by atoms with E-state index in [1.807, 2.05) is 0 Å². The molecule has 0 aliphatic carbocycles. The third-order valence-electron chi connectivity index (χ3n) is 2.53. The number of hydrogen-bond donors (Lipinski definition) is 1. The van der Waals surface area contributed by atoms with Crippen molar-refractivity contribution in [3.05, 3.63) is 11.4 Å². The maximum absolute atomic E-state index is 10.9. The van der Waals surface area contributed by atoms with Crippen LogP contribution < -0.4 is 0 Å². The van der Waals surface area contributed by atoms with Crippen molar-refractivity contribution in [2.45, 2.75) is 19.1 Å². The normalized spacial score (nSPS) is 20.2. The van der Waals surface area contributed by atoms with Crippen LogP contribution in [0.15, 0.2) is 0 Å². The summed E-state index contributed by atoms with van der Waals surface area (Å²) in [5, 5.41) is 16.5. The van der Waals surface area contributed by atoms with E-state index < -0.39 is 5.97 Å². The van der Waals surface area contributed by atoms with Gasteiger partial charge < -0.3 is 14.6 Å². The number of aromatic nitrogens is 3. The summed E-state index contributed by atoms with van der Waals surface area (Å²) in [6, 6.07) is 0.0609. The smallest absolute Gasteiger partial charge is 0.358 e. The molecule has 0 bridgehead atoms. The van der Waals surface area contributed by atoms with Crippen molar-refractivity contribution in [3.8, 4) is 0 Å². The van der Waals surface area contributed by atoms with Crippen molar-refractivity contribution >= 4 is 5.97 Å². The molecule has 7 nitrogen and oxygen atoms in total. The fourth-order valence-corrected chi connectivity index (χ4v) is 1.76. The average molecular weight is 227 g/mol. The SMILES string of the molecule is COCc1c(C(=O)O)nnn1C1CCOC1. The summed E-state index contributed by atoms with van der Waals surface area (Å²) >= 11 is 0. The number of aromatic carboxylic acids is 1. The Labute approximate surface area is 92.0 Å². The summed E-state index contributed by atoms with van der Waals surface area (Å²) in [6.45, 7) is 1.39. The Bertz CT molecular complexity index is 384. The zero-order valence-corrected chi connectivity index (χ0v) is 8.92. The van der Waals surface area contributed by atoms with Crippen molar-refractivity contribution in [1.29, 1.82) is 0 Å². The Morgan fingerprint density at radius 1 is 1.75 bits per heavy atom. The summed E-state index contributed by atoms with van der Waals surface area (Å²) in [5.41, 5.74) is 0.444. The van der Waals surface area contributed by atoms with Gasteiger partial charge in [0.05, 0.1) is 24.9 Å². The number of carboxylic acids is 1.